The maximum Gasteiger partial charge on any atom is 0.157 e. The molecule has 0 aromatic carbocycles. The van der Waals surface area contributed by atoms with Crippen LogP contribution in [0.3, 0.4) is 0 Å². The molecule has 1 heterocycles. The van der Waals surface area contributed by atoms with Crippen LogP contribution >= 0.6 is 0 Å². The van der Waals surface area contributed by atoms with Crippen LogP contribution in [0.15, 0.2) is 6.20 Å². The number of anilines is 1. The molecule has 4 heteroatoms. The van der Waals surface area contributed by atoms with E-state index in [0.717, 1.165) is 0 Å². The van der Waals surface area contributed by atoms with Gasteiger partial charge >= 0.3 is 0 Å². The van der Waals surface area contributed by atoms with Gasteiger partial charge in [-0.05, 0) is 6.92 Å². The van der Waals surface area contributed by atoms with E-state index in [1.165, 1.54) is 13.3 Å². The summed E-state index contributed by atoms with van der Waals surface area (Å²) in [6, 6.07) is 1.97. The van der Waals surface area contributed by atoms with Crippen LogP contribution in [-0.2, 0) is 0 Å². The number of hydrogen-bond donors (Lipinski definition) is 1. The Balaban J connectivity index is 3.38. The summed E-state index contributed by atoms with van der Waals surface area (Å²) in [5.74, 6) is 0.417. The van der Waals surface area contributed by atoms with Gasteiger partial charge in [0, 0.05) is 0 Å². The molecule has 62 valence electrons. The molecule has 0 amide bonds. The highest BCUT2D eigenvalue weighted by atomic mass is 16.5. The second-order valence-electron chi connectivity index (χ2n) is 2.31. The molecule has 2 N–H and O–H groups in total. The summed E-state index contributed by atoms with van der Waals surface area (Å²) in [6.07, 6.45) is 1.49. The van der Waals surface area contributed by atoms with Crippen molar-refractivity contribution in [3.63, 3.8) is 0 Å². The van der Waals surface area contributed by atoms with Gasteiger partial charge in [0.15, 0.2) is 5.75 Å². The molecule has 0 fully saturated rings. The quantitative estimate of drug-likeness (QED) is 0.666. The fraction of sp³-hybridized carbons (Fsp3) is 0.250. The van der Waals surface area contributed by atoms with Crippen molar-refractivity contribution in [2.24, 2.45) is 0 Å². The van der Waals surface area contributed by atoms with Crippen LogP contribution in [-0.4, -0.2) is 12.1 Å². The average molecular weight is 163 g/mol. The normalized spacial score (nSPS) is 9.08. The van der Waals surface area contributed by atoms with Crippen LogP contribution in [0, 0.1) is 18.3 Å². The molecule has 0 spiro atoms. The van der Waals surface area contributed by atoms with Crippen molar-refractivity contribution in [1.82, 2.24) is 4.98 Å². The van der Waals surface area contributed by atoms with E-state index < -0.39 is 0 Å². The van der Waals surface area contributed by atoms with Gasteiger partial charge < -0.3 is 10.5 Å². The maximum absolute atomic E-state index is 8.72. The molecule has 0 aliphatic rings. The van der Waals surface area contributed by atoms with Crippen LogP contribution in [0.2, 0.25) is 0 Å². The van der Waals surface area contributed by atoms with Crippen molar-refractivity contribution in [2.75, 3.05) is 12.8 Å². The summed E-state index contributed by atoms with van der Waals surface area (Å²) in [6.45, 7) is 1.75. The van der Waals surface area contributed by atoms with Crippen LogP contribution in [0.25, 0.3) is 0 Å². The van der Waals surface area contributed by atoms with Crippen LogP contribution in [0.4, 0.5) is 5.69 Å². The van der Waals surface area contributed by atoms with E-state index in [9.17, 15) is 0 Å². The highest BCUT2D eigenvalue weighted by Gasteiger charge is 2.08. The maximum atomic E-state index is 8.72. The van der Waals surface area contributed by atoms with Gasteiger partial charge in [-0.2, -0.15) is 5.26 Å². The molecule has 1 rings (SSSR count). The second-order valence-corrected chi connectivity index (χ2v) is 2.31. The molecule has 4 nitrogen and oxygen atoms in total. The van der Waals surface area contributed by atoms with E-state index in [4.69, 9.17) is 15.7 Å². The van der Waals surface area contributed by atoms with E-state index in [-0.39, 0.29) is 0 Å². The number of pyridine rings is 1. The Hall–Kier alpha value is -1.76. The van der Waals surface area contributed by atoms with E-state index in [2.05, 4.69) is 4.98 Å². The van der Waals surface area contributed by atoms with E-state index >= 15 is 0 Å². The Morgan fingerprint density at radius 3 is 2.83 bits per heavy atom. The summed E-state index contributed by atoms with van der Waals surface area (Å²) in [7, 11) is 1.48. The molecular formula is C8H9N3O. The van der Waals surface area contributed by atoms with Crippen LogP contribution in [0.1, 0.15) is 11.3 Å². The lowest BCUT2D eigenvalue weighted by Gasteiger charge is -2.05. The number of nitrogen functional groups attached to an aromatic ring is 1. The molecular weight excluding hydrogens is 154 g/mol. The van der Waals surface area contributed by atoms with Gasteiger partial charge in [-0.25, -0.2) is 0 Å². The van der Waals surface area contributed by atoms with E-state index in [1.807, 2.05) is 6.07 Å². The average Bonchev–Trinajstić information content (AvgIpc) is 2.09. The van der Waals surface area contributed by atoms with Crippen molar-refractivity contribution in [1.29, 1.82) is 5.26 Å². The zero-order valence-electron chi connectivity index (χ0n) is 6.96. The van der Waals surface area contributed by atoms with E-state index in [0.29, 0.717) is 22.7 Å². The largest absolute Gasteiger partial charge is 0.494 e. The van der Waals surface area contributed by atoms with Crippen molar-refractivity contribution in [3.05, 3.63) is 17.5 Å². The highest BCUT2D eigenvalue weighted by Crippen LogP contribution is 2.23. The molecule has 0 saturated carbocycles. The first-order valence-corrected chi connectivity index (χ1v) is 3.40. The molecule has 0 aliphatic carbocycles. The van der Waals surface area contributed by atoms with Gasteiger partial charge in [0.05, 0.1) is 24.7 Å². The number of nitrogens with two attached hydrogens (primary N) is 1. The Bertz CT molecular complexity index is 341. The SMILES string of the molecule is COc1cnc(C)c(N)c1C#N. The predicted octanol–water partition coefficient (Wildman–Crippen LogP) is 0.853. The Morgan fingerprint density at radius 1 is 1.67 bits per heavy atom. The summed E-state index contributed by atoms with van der Waals surface area (Å²) in [5, 5.41) is 8.72. The van der Waals surface area contributed by atoms with Crippen LogP contribution in [0.5, 0.6) is 5.75 Å². The number of aryl methyl sites for hydroxylation is 1. The molecule has 0 aliphatic heterocycles. The minimum Gasteiger partial charge on any atom is -0.494 e. The summed E-state index contributed by atoms with van der Waals surface area (Å²) in [5.41, 5.74) is 6.99. The predicted molar refractivity (Wildman–Crippen MR) is 44.7 cm³/mol. The number of nitriles is 1. The van der Waals surface area contributed by atoms with Gasteiger partial charge in [-0.3, -0.25) is 4.98 Å². The first kappa shape index (κ1) is 8.34. The summed E-state index contributed by atoms with van der Waals surface area (Å²) >= 11 is 0. The van der Waals surface area contributed by atoms with Gasteiger partial charge in [-0.15, -0.1) is 0 Å². The zero-order chi connectivity index (χ0) is 9.14. The molecule has 0 saturated heterocycles. The third-order valence-corrected chi connectivity index (χ3v) is 1.61. The lowest BCUT2D eigenvalue weighted by Crippen LogP contribution is -1.99. The van der Waals surface area contributed by atoms with Crippen LogP contribution < -0.4 is 10.5 Å². The molecule has 12 heavy (non-hydrogen) atoms. The third kappa shape index (κ3) is 1.17. The number of methoxy groups -OCH3 is 1. The Morgan fingerprint density at radius 2 is 2.33 bits per heavy atom. The first-order valence-electron chi connectivity index (χ1n) is 3.40. The van der Waals surface area contributed by atoms with Crippen molar-refractivity contribution in [2.45, 2.75) is 6.92 Å². The monoisotopic (exact) mass is 163 g/mol. The van der Waals surface area contributed by atoms with Crippen molar-refractivity contribution < 1.29 is 4.74 Å². The number of ether oxygens (including phenoxy) is 1. The smallest absolute Gasteiger partial charge is 0.157 e. The van der Waals surface area contributed by atoms with Gasteiger partial charge in [0.2, 0.25) is 0 Å². The molecule has 1 aromatic rings. The Kier molecular flexibility index (Phi) is 2.15. The molecule has 0 atom stereocenters. The highest BCUT2D eigenvalue weighted by molar-refractivity contribution is 5.62. The Labute approximate surface area is 70.6 Å². The molecule has 1 aromatic heterocycles. The van der Waals surface area contributed by atoms with Crippen molar-refractivity contribution in [3.8, 4) is 11.8 Å². The minimum absolute atomic E-state index is 0.352. The fourth-order valence-corrected chi connectivity index (χ4v) is 0.873. The number of nitrogens with zero attached hydrogens (tertiary/aromatic N) is 2. The topological polar surface area (TPSA) is 71.9 Å². The van der Waals surface area contributed by atoms with Gasteiger partial charge in [0.1, 0.15) is 11.6 Å². The number of rotatable bonds is 1. The summed E-state index contributed by atoms with van der Waals surface area (Å²) < 4.78 is 4.91. The lowest BCUT2D eigenvalue weighted by atomic mass is 10.2. The standard InChI is InChI=1S/C8H9N3O/c1-5-8(10)6(3-9)7(12-2)4-11-5/h4H,10H2,1-2H3. The minimum atomic E-state index is 0.352. The van der Waals surface area contributed by atoms with Gasteiger partial charge in [0.25, 0.3) is 0 Å². The first-order chi connectivity index (χ1) is 5.70. The van der Waals surface area contributed by atoms with Gasteiger partial charge in [-0.1, -0.05) is 0 Å². The molecule has 0 unspecified atom stereocenters. The van der Waals surface area contributed by atoms with E-state index in [1.54, 1.807) is 6.92 Å². The third-order valence-electron chi connectivity index (χ3n) is 1.61. The number of aromatic nitrogens is 1. The molecule has 0 radical (unpaired) electrons. The summed E-state index contributed by atoms with van der Waals surface area (Å²) in [4.78, 5) is 3.96. The lowest BCUT2D eigenvalue weighted by molar-refractivity contribution is 0.411. The molecule has 0 bridgehead atoms. The zero-order valence-corrected chi connectivity index (χ0v) is 6.96. The van der Waals surface area contributed by atoms with Crippen molar-refractivity contribution >= 4 is 5.69 Å². The number of hydrogen-bond acceptors (Lipinski definition) is 4. The fourth-order valence-electron chi connectivity index (χ4n) is 0.873. The second kappa shape index (κ2) is 3.09.